The lowest BCUT2D eigenvalue weighted by molar-refractivity contribution is -0.135. The predicted molar refractivity (Wildman–Crippen MR) is 126 cm³/mol. The molecule has 1 saturated heterocycles. The molecule has 1 aromatic carbocycles. The third-order valence-electron chi connectivity index (χ3n) is 6.16. The number of hydrogen-bond donors (Lipinski definition) is 1. The molecule has 4 heterocycles. The predicted octanol–water partition coefficient (Wildman–Crippen LogP) is 3.28. The van der Waals surface area contributed by atoms with Gasteiger partial charge in [-0.15, -0.1) is 11.3 Å². The molecule has 0 aliphatic carbocycles. The molecule has 2 aromatic heterocycles. The lowest BCUT2D eigenvalue weighted by Gasteiger charge is -2.25. The van der Waals surface area contributed by atoms with Crippen LogP contribution in [0.3, 0.4) is 0 Å². The van der Waals surface area contributed by atoms with E-state index in [1.165, 1.54) is 0 Å². The van der Waals surface area contributed by atoms with E-state index >= 15 is 0 Å². The summed E-state index contributed by atoms with van der Waals surface area (Å²) in [5.74, 6) is 1.00. The first-order valence-corrected chi connectivity index (χ1v) is 12.1. The van der Waals surface area contributed by atoms with Gasteiger partial charge in [0.15, 0.2) is 18.1 Å². The minimum Gasteiger partial charge on any atom is -0.490 e. The Labute approximate surface area is 199 Å². The van der Waals surface area contributed by atoms with E-state index in [2.05, 4.69) is 9.97 Å². The fourth-order valence-electron chi connectivity index (χ4n) is 4.52. The van der Waals surface area contributed by atoms with Gasteiger partial charge in [0, 0.05) is 13.0 Å². The molecule has 0 spiro atoms. The number of nitrogens with one attached hydrogen (secondary N) is 1. The van der Waals surface area contributed by atoms with Crippen molar-refractivity contribution in [3.8, 4) is 11.5 Å². The number of carbonyl (C=O) groups excluding carboxylic acids is 2. The molecule has 10 heteroatoms. The highest BCUT2D eigenvalue weighted by molar-refractivity contribution is 7.20. The molecule has 1 atom stereocenters. The topological polar surface area (TPSA) is 111 Å². The van der Waals surface area contributed by atoms with Gasteiger partial charge in [0.1, 0.15) is 15.5 Å². The van der Waals surface area contributed by atoms with Crippen LogP contribution in [0, 0.1) is 13.8 Å². The van der Waals surface area contributed by atoms with E-state index in [0.29, 0.717) is 52.9 Å². The maximum atomic E-state index is 13.0. The van der Waals surface area contributed by atoms with Crippen molar-refractivity contribution >= 4 is 33.4 Å². The Morgan fingerprint density at radius 1 is 1.21 bits per heavy atom. The van der Waals surface area contributed by atoms with E-state index in [1.807, 2.05) is 18.2 Å². The van der Waals surface area contributed by atoms with Crippen molar-refractivity contribution in [3.63, 3.8) is 0 Å². The van der Waals surface area contributed by atoms with E-state index in [-0.39, 0.29) is 29.0 Å². The van der Waals surface area contributed by atoms with Crippen molar-refractivity contribution in [1.29, 1.82) is 0 Å². The monoisotopic (exact) mass is 483 g/mol. The number of fused-ring (bicyclic) bond motifs is 2. The van der Waals surface area contributed by atoms with Crippen molar-refractivity contribution in [2.75, 3.05) is 26.4 Å². The number of aromatic nitrogens is 2. The van der Waals surface area contributed by atoms with Crippen molar-refractivity contribution in [3.05, 3.63) is 50.4 Å². The summed E-state index contributed by atoms with van der Waals surface area (Å²) in [6.45, 7) is 4.81. The molecule has 1 amide bonds. The second-order valence-corrected chi connectivity index (χ2v) is 9.46. The van der Waals surface area contributed by atoms with Crippen molar-refractivity contribution in [1.82, 2.24) is 14.9 Å². The summed E-state index contributed by atoms with van der Waals surface area (Å²) in [7, 11) is 0. The number of nitrogens with zero attached hydrogens (tertiary/aromatic N) is 2. The van der Waals surface area contributed by atoms with Crippen LogP contribution in [0.4, 0.5) is 0 Å². The molecule has 0 unspecified atom stereocenters. The van der Waals surface area contributed by atoms with Gasteiger partial charge in [0.05, 0.1) is 24.6 Å². The number of benzene rings is 1. The Kier molecular flexibility index (Phi) is 5.99. The number of rotatable bonds is 4. The van der Waals surface area contributed by atoms with Crippen LogP contribution in [0.2, 0.25) is 0 Å². The quantitative estimate of drug-likeness (QED) is 0.567. The third-order valence-corrected chi connectivity index (χ3v) is 7.33. The van der Waals surface area contributed by atoms with Crippen LogP contribution in [0.1, 0.15) is 51.9 Å². The molecule has 0 radical (unpaired) electrons. The van der Waals surface area contributed by atoms with Gasteiger partial charge < -0.3 is 24.1 Å². The van der Waals surface area contributed by atoms with Gasteiger partial charge in [0.25, 0.3) is 11.5 Å². The summed E-state index contributed by atoms with van der Waals surface area (Å²) in [6.07, 6.45) is 2.51. The zero-order chi connectivity index (χ0) is 23.8. The minimum atomic E-state index is -0.628. The summed E-state index contributed by atoms with van der Waals surface area (Å²) >= 11 is 1.10. The Balaban J connectivity index is 1.29. The van der Waals surface area contributed by atoms with Gasteiger partial charge >= 0.3 is 5.97 Å². The number of ether oxygens (including phenoxy) is 3. The van der Waals surface area contributed by atoms with E-state index in [4.69, 9.17) is 14.2 Å². The lowest BCUT2D eigenvalue weighted by atomic mass is 10.0. The number of likely N-dealkylation sites (tertiary alicyclic amines) is 1. The number of carbonyl (C=O) groups is 2. The van der Waals surface area contributed by atoms with Crippen LogP contribution >= 0.6 is 11.3 Å². The van der Waals surface area contributed by atoms with Gasteiger partial charge in [-0.2, -0.15) is 0 Å². The maximum absolute atomic E-state index is 13.0. The van der Waals surface area contributed by atoms with Crippen LogP contribution in [-0.2, 0) is 9.53 Å². The molecule has 9 nitrogen and oxygen atoms in total. The highest BCUT2D eigenvalue weighted by Gasteiger charge is 2.32. The standard InChI is InChI=1S/C24H25N3O6S/c1-13-20-22(29)25-14(2)26-23(20)34-21(13)24(30)33-12-19(28)27-8-3-5-16(27)15-6-7-17-18(11-15)32-10-4-9-31-17/h6-7,11,16H,3-5,8-10,12H2,1-2H3,(H,25,26,29)/t16-/m1/s1. The largest absolute Gasteiger partial charge is 0.490 e. The van der Waals surface area contributed by atoms with Crippen LogP contribution in [0.5, 0.6) is 11.5 Å². The van der Waals surface area contributed by atoms with Gasteiger partial charge in [-0.3, -0.25) is 9.59 Å². The molecule has 178 valence electrons. The second-order valence-electron chi connectivity index (χ2n) is 8.47. The van der Waals surface area contributed by atoms with Crippen molar-refractivity contribution in [2.24, 2.45) is 0 Å². The van der Waals surface area contributed by atoms with Crippen LogP contribution < -0.4 is 15.0 Å². The van der Waals surface area contributed by atoms with E-state index < -0.39 is 5.97 Å². The summed E-state index contributed by atoms with van der Waals surface area (Å²) < 4.78 is 16.9. The molecule has 34 heavy (non-hydrogen) atoms. The van der Waals surface area contributed by atoms with Crippen molar-refractivity contribution < 1.29 is 23.8 Å². The number of aryl methyl sites for hydroxylation is 2. The van der Waals surface area contributed by atoms with Gasteiger partial charge in [0.2, 0.25) is 0 Å². The number of thiophene rings is 1. The fourth-order valence-corrected chi connectivity index (χ4v) is 5.64. The molecule has 5 rings (SSSR count). The Hall–Kier alpha value is -3.40. The number of H-pyrrole nitrogens is 1. The maximum Gasteiger partial charge on any atom is 0.349 e. The van der Waals surface area contributed by atoms with Crippen LogP contribution in [0.25, 0.3) is 10.2 Å². The minimum absolute atomic E-state index is 0.111. The zero-order valence-electron chi connectivity index (χ0n) is 19.0. The Bertz CT molecular complexity index is 1330. The van der Waals surface area contributed by atoms with Crippen molar-refractivity contribution in [2.45, 2.75) is 39.2 Å². The van der Waals surface area contributed by atoms with Gasteiger partial charge in [-0.05, 0) is 49.9 Å². The summed E-state index contributed by atoms with van der Waals surface area (Å²) in [6, 6.07) is 5.68. The summed E-state index contributed by atoms with van der Waals surface area (Å²) in [4.78, 5) is 47.5. The first kappa shape index (κ1) is 22.4. The number of aromatic amines is 1. The molecular formula is C24H25N3O6S. The summed E-state index contributed by atoms with van der Waals surface area (Å²) in [5, 5.41) is 0.378. The molecule has 1 N–H and O–H groups in total. The van der Waals surface area contributed by atoms with E-state index in [1.54, 1.807) is 18.7 Å². The fraction of sp³-hybridized carbons (Fsp3) is 0.417. The SMILES string of the molecule is Cc1nc2sc(C(=O)OCC(=O)N3CCC[C@@H]3c3ccc4c(c3)OCCCO4)c(C)c2c(=O)[nH]1. The molecule has 1 fully saturated rings. The van der Waals surface area contributed by atoms with E-state index in [9.17, 15) is 14.4 Å². The van der Waals surface area contributed by atoms with Gasteiger partial charge in [-0.1, -0.05) is 6.07 Å². The number of esters is 1. The number of amides is 1. The first-order chi connectivity index (χ1) is 16.4. The highest BCUT2D eigenvalue weighted by atomic mass is 32.1. The number of hydrogen-bond acceptors (Lipinski definition) is 8. The average Bonchev–Trinajstić information content (AvgIpc) is 3.35. The summed E-state index contributed by atoms with van der Waals surface area (Å²) in [5.41, 5.74) is 1.20. The molecule has 0 bridgehead atoms. The highest BCUT2D eigenvalue weighted by Crippen LogP contribution is 2.38. The Morgan fingerprint density at radius 2 is 2.00 bits per heavy atom. The Morgan fingerprint density at radius 3 is 2.82 bits per heavy atom. The molecular weight excluding hydrogens is 458 g/mol. The smallest absolute Gasteiger partial charge is 0.349 e. The van der Waals surface area contributed by atoms with Gasteiger partial charge in [-0.25, -0.2) is 9.78 Å². The first-order valence-electron chi connectivity index (χ1n) is 11.3. The van der Waals surface area contributed by atoms with E-state index in [0.717, 1.165) is 36.2 Å². The lowest BCUT2D eigenvalue weighted by Crippen LogP contribution is -2.34. The molecule has 2 aliphatic heterocycles. The van der Waals surface area contributed by atoms with Crippen LogP contribution in [-0.4, -0.2) is 53.1 Å². The molecule has 2 aliphatic rings. The molecule has 0 saturated carbocycles. The normalized spacial score (nSPS) is 17.6. The average molecular weight is 484 g/mol. The second kappa shape index (κ2) is 9.09. The third kappa shape index (κ3) is 4.13. The van der Waals surface area contributed by atoms with Crippen LogP contribution in [0.15, 0.2) is 23.0 Å². The molecule has 3 aromatic rings. The zero-order valence-corrected chi connectivity index (χ0v) is 19.8.